The summed E-state index contributed by atoms with van der Waals surface area (Å²) in [6.45, 7) is 1.05. The Morgan fingerprint density at radius 2 is 2.00 bits per heavy atom. The molecule has 0 aliphatic carbocycles. The maximum Gasteiger partial charge on any atom is 0.433 e. The highest BCUT2D eigenvalue weighted by atomic mass is 35.5. The molecule has 128 valence electrons. The van der Waals surface area contributed by atoms with Crippen LogP contribution in [0.3, 0.4) is 0 Å². The van der Waals surface area contributed by atoms with Gasteiger partial charge in [0.15, 0.2) is 0 Å². The van der Waals surface area contributed by atoms with Crippen LogP contribution in [0.5, 0.6) is 0 Å². The second-order valence-electron chi connectivity index (χ2n) is 5.43. The van der Waals surface area contributed by atoms with Crippen molar-refractivity contribution in [1.29, 1.82) is 0 Å². The molecule has 0 atom stereocenters. The van der Waals surface area contributed by atoms with E-state index in [1.54, 1.807) is 0 Å². The molecule has 0 amide bonds. The number of aromatic nitrogens is 3. The summed E-state index contributed by atoms with van der Waals surface area (Å²) in [4.78, 5) is 22.1. The third kappa shape index (κ3) is 3.44. The van der Waals surface area contributed by atoms with Crippen molar-refractivity contribution in [3.05, 3.63) is 45.1 Å². The van der Waals surface area contributed by atoms with Gasteiger partial charge in [0.1, 0.15) is 16.5 Å². The monoisotopic (exact) mass is 359 g/mol. The Kier molecular flexibility index (Phi) is 4.60. The summed E-state index contributed by atoms with van der Waals surface area (Å²) < 4.78 is 43.7. The highest BCUT2D eigenvalue weighted by Gasteiger charge is 2.33. The van der Waals surface area contributed by atoms with Gasteiger partial charge in [-0.05, 0) is 25.0 Å². The molecule has 1 saturated heterocycles. The van der Waals surface area contributed by atoms with E-state index < -0.39 is 17.4 Å². The van der Waals surface area contributed by atoms with E-state index in [1.165, 1.54) is 6.07 Å². The Hall–Kier alpha value is -1.93. The van der Waals surface area contributed by atoms with E-state index in [9.17, 15) is 18.0 Å². The average molecular weight is 360 g/mol. The first-order chi connectivity index (χ1) is 11.4. The molecule has 5 nitrogen and oxygen atoms in total. The predicted octanol–water partition coefficient (Wildman–Crippen LogP) is 3.40. The quantitative estimate of drug-likeness (QED) is 0.892. The van der Waals surface area contributed by atoms with Crippen molar-refractivity contribution in [1.82, 2.24) is 15.0 Å². The number of alkyl halides is 3. The second-order valence-corrected chi connectivity index (χ2v) is 5.81. The smallest absolute Gasteiger partial charge is 0.381 e. The lowest BCUT2D eigenvalue weighted by Gasteiger charge is -2.22. The van der Waals surface area contributed by atoms with Gasteiger partial charge in [-0.3, -0.25) is 9.78 Å². The molecule has 1 N–H and O–H groups in total. The molecular formula is C15H13ClF3N3O2. The molecule has 9 heteroatoms. The normalized spacial score (nSPS) is 16.3. The Labute approximate surface area is 139 Å². The zero-order valence-electron chi connectivity index (χ0n) is 12.4. The number of aromatic amines is 1. The lowest BCUT2D eigenvalue weighted by molar-refractivity contribution is -0.141. The van der Waals surface area contributed by atoms with Gasteiger partial charge in [-0.2, -0.15) is 13.2 Å². The van der Waals surface area contributed by atoms with E-state index in [0.717, 1.165) is 12.3 Å². The molecular weight excluding hydrogens is 347 g/mol. The van der Waals surface area contributed by atoms with Crippen molar-refractivity contribution in [2.24, 2.45) is 0 Å². The third-order valence-electron chi connectivity index (χ3n) is 3.82. The third-order valence-corrected chi connectivity index (χ3v) is 4.19. The van der Waals surface area contributed by atoms with Crippen LogP contribution in [0, 0.1) is 0 Å². The van der Waals surface area contributed by atoms with Gasteiger partial charge in [0.2, 0.25) is 0 Å². The number of H-pyrrole nitrogens is 1. The number of halogens is 4. The van der Waals surface area contributed by atoms with Crippen LogP contribution in [-0.2, 0) is 10.9 Å². The Balaban J connectivity index is 2.06. The topological polar surface area (TPSA) is 67.9 Å². The molecule has 1 aliphatic rings. The van der Waals surface area contributed by atoms with E-state index >= 15 is 0 Å². The van der Waals surface area contributed by atoms with Gasteiger partial charge in [0, 0.05) is 30.9 Å². The molecule has 0 bridgehead atoms. The minimum atomic E-state index is -4.58. The van der Waals surface area contributed by atoms with Crippen LogP contribution >= 0.6 is 11.6 Å². The lowest BCUT2D eigenvalue weighted by Crippen LogP contribution is -2.20. The summed E-state index contributed by atoms with van der Waals surface area (Å²) in [5.74, 6) is -0.0185. The second kappa shape index (κ2) is 6.52. The van der Waals surface area contributed by atoms with Crippen molar-refractivity contribution < 1.29 is 17.9 Å². The van der Waals surface area contributed by atoms with Crippen LogP contribution < -0.4 is 5.56 Å². The van der Waals surface area contributed by atoms with Gasteiger partial charge in [-0.1, -0.05) is 11.6 Å². The summed E-state index contributed by atoms with van der Waals surface area (Å²) in [7, 11) is 0. The first kappa shape index (κ1) is 16.9. The van der Waals surface area contributed by atoms with E-state index in [1.807, 2.05) is 0 Å². The fourth-order valence-electron chi connectivity index (χ4n) is 2.59. The molecule has 0 spiro atoms. The Morgan fingerprint density at radius 1 is 1.29 bits per heavy atom. The molecule has 2 aromatic rings. The zero-order valence-corrected chi connectivity index (χ0v) is 13.1. The lowest BCUT2D eigenvalue weighted by atomic mass is 9.96. The molecule has 3 rings (SSSR count). The van der Waals surface area contributed by atoms with Crippen LogP contribution in [0.2, 0.25) is 5.02 Å². The Morgan fingerprint density at radius 3 is 2.67 bits per heavy atom. The van der Waals surface area contributed by atoms with Gasteiger partial charge in [-0.15, -0.1) is 0 Å². The minimum Gasteiger partial charge on any atom is -0.381 e. The molecule has 2 aromatic heterocycles. The van der Waals surface area contributed by atoms with Crippen LogP contribution in [0.15, 0.2) is 23.1 Å². The molecule has 3 heterocycles. The van der Waals surface area contributed by atoms with Crippen molar-refractivity contribution >= 4 is 11.6 Å². The van der Waals surface area contributed by atoms with Crippen LogP contribution in [0.4, 0.5) is 13.2 Å². The van der Waals surface area contributed by atoms with Gasteiger partial charge in [0.25, 0.3) is 5.56 Å². The largest absolute Gasteiger partial charge is 0.433 e. The molecule has 1 aliphatic heterocycles. The summed E-state index contributed by atoms with van der Waals surface area (Å²) in [6, 6.07) is 2.20. The highest BCUT2D eigenvalue weighted by Crippen LogP contribution is 2.32. The van der Waals surface area contributed by atoms with Gasteiger partial charge < -0.3 is 9.72 Å². The van der Waals surface area contributed by atoms with Gasteiger partial charge >= 0.3 is 6.18 Å². The maximum atomic E-state index is 12.8. The van der Waals surface area contributed by atoms with Crippen LogP contribution in [0.1, 0.15) is 30.1 Å². The van der Waals surface area contributed by atoms with Gasteiger partial charge in [-0.25, -0.2) is 4.98 Å². The number of ether oxygens (including phenoxy) is 1. The number of nitrogens with zero attached hydrogens (tertiary/aromatic N) is 2. The first-order valence-corrected chi connectivity index (χ1v) is 7.65. The summed E-state index contributed by atoms with van der Waals surface area (Å²) >= 11 is 6.05. The minimum absolute atomic E-state index is 0.0317. The van der Waals surface area contributed by atoms with Crippen molar-refractivity contribution in [2.45, 2.75) is 24.9 Å². The van der Waals surface area contributed by atoms with Crippen LogP contribution in [-0.4, -0.2) is 28.2 Å². The molecule has 24 heavy (non-hydrogen) atoms. The van der Waals surface area contributed by atoms with Crippen LogP contribution in [0.25, 0.3) is 11.4 Å². The highest BCUT2D eigenvalue weighted by molar-refractivity contribution is 6.31. The molecule has 0 saturated carbocycles. The summed E-state index contributed by atoms with van der Waals surface area (Å²) in [5.41, 5.74) is -1.11. The van der Waals surface area contributed by atoms with E-state index in [2.05, 4.69) is 15.0 Å². The van der Waals surface area contributed by atoms with Crippen molar-refractivity contribution in [3.63, 3.8) is 0 Å². The van der Waals surface area contributed by atoms with Gasteiger partial charge in [0.05, 0.1) is 5.69 Å². The van der Waals surface area contributed by atoms with E-state index in [-0.39, 0.29) is 22.3 Å². The maximum absolute atomic E-state index is 12.8. The fourth-order valence-corrected chi connectivity index (χ4v) is 2.83. The number of pyridine rings is 1. The van der Waals surface area contributed by atoms with E-state index in [4.69, 9.17) is 16.3 Å². The van der Waals surface area contributed by atoms with Crippen molar-refractivity contribution in [3.8, 4) is 11.4 Å². The number of rotatable bonds is 2. The predicted molar refractivity (Wildman–Crippen MR) is 80.9 cm³/mol. The van der Waals surface area contributed by atoms with E-state index in [0.29, 0.717) is 31.7 Å². The molecule has 0 aromatic carbocycles. The standard InChI is InChI=1S/C15H13ClF3N3O2/c16-11-12(8-2-5-24-6-3-8)21-13(22-14(11)23)9-1-4-20-10(7-9)15(17,18)19/h1,4,7-8H,2-3,5-6H2,(H,21,22,23). The Bertz CT molecular complexity index is 801. The summed E-state index contributed by atoms with van der Waals surface area (Å²) in [5, 5.41) is -0.0317. The molecule has 1 fully saturated rings. The van der Waals surface area contributed by atoms with Crippen molar-refractivity contribution in [2.75, 3.05) is 13.2 Å². The average Bonchev–Trinajstić information content (AvgIpc) is 2.57. The molecule has 0 unspecified atom stereocenters. The first-order valence-electron chi connectivity index (χ1n) is 7.27. The SMILES string of the molecule is O=c1[nH]c(-c2ccnc(C(F)(F)F)c2)nc(C2CCOCC2)c1Cl. The number of nitrogens with one attached hydrogen (secondary N) is 1. The summed E-state index contributed by atoms with van der Waals surface area (Å²) in [6.07, 6.45) is -2.24. The molecule has 0 radical (unpaired) electrons. The number of hydrogen-bond donors (Lipinski definition) is 1. The number of hydrogen-bond acceptors (Lipinski definition) is 4. The zero-order chi connectivity index (χ0) is 17.3. The fraction of sp³-hybridized carbons (Fsp3) is 0.400.